The van der Waals surface area contributed by atoms with Gasteiger partial charge in [0.05, 0.1) is 0 Å². The Bertz CT molecular complexity index is 1130. The molecule has 138 valence electrons. The van der Waals surface area contributed by atoms with E-state index in [0.717, 1.165) is 14.8 Å². The molecule has 0 fully saturated rings. The molecule has 1 heterocycles. The van der Waals surface area contributed by atoms with Gasteiger partial charge in [-0.15, -0.1) is 0 Å². The van der Waals surface area contributed by atoms with Crippen molar-refractivity contribution in [2.24, 2.45) is 0 Å². The minimum absolute atomic E-state index is 0.227. The molecule has 0 saturated carbocycles. The number of rotatable bonds is 4. The summed E-state index contributed by atoms with van der Waals surface area (Å²) < 4.78 is 13.6. The number of aromatic amines is 1. The Labute approximate surface area is 180 Å². The van der Waals surface area contributed by atoms with Crippen LogP contribution in [0.1, 0.15) is 5.56 Å². The van der Waals surface area contributed by atoms with Crippen LogP contribution in [0.25, 0.3) is 16.6 Å². The number of fused-ring (bicyclic) bond motifs is 1. The number of methoxy groups -OCH3 is 2. The zero-order valence-electron chi connectivity index (χ0n) is 14.0. The number of halogens is 3. The van der Waals surface area contributed by atoms with Gasteiger partial charge in [0.15, 0.2) is 0 Å². The molecular formula is C17H14ClI2N2O3S-. The zero-order chi connectivity index (χ0) is 19.0. The molecule has 0 bridgehead atoms. The second kappa shape index (κ2) is 8.03. The van der Waals surface area contributed by atoms with Gasteiger partial charge in [-0.1, -0.05) is 0 Å². The average Bonchev–Trinajstić information content (AvgIpc) is 2.62. The monoisotopic (exact) mass is 615 g/mol. The summed E-state index contributed by atoms with van der Waals surface area (Å²) in [5.74, 6) is 1.20. The van der Waals surface area contributed by atoms with Gasteiger partial charge in [-0.05, 0) is 0 Å². The van der Waals surface area contributed by atoms with Gasteiger partial charge in [-0.3, -0.25) is 0 Å². The number of nitrogens with zero attached hydrogens (tertiary/aromatic N) is 1. The molecule has 9 heteroatoms. The van der Waals surface area contributed by atoms with E-state index >= 15 is 0 Å². The SMILES string of the molecule is COc1cc(-n2c(=S)[nH]c3cc(OC)c(Cl)cc3c2=O)c([I-]I)cc1C. The van der Waals surface area contributed by atoms with Crippen LogP contribution < -0.4 is 32.3 Å². The number of benzene rings is 2. The van der Waals surface area contributed by atoms with E-state index in [1.54, 1.807) is 19.2 Å². The van der Waals surface area contributed by atoms with E-state index in [0.29, 0.717) is 32.2 Å². The first-order chi connectivity index (χ1) is 12.4. The summed E-state index contributed by atoms with van der Waals surface area (Å²) in [6, 6.07) is 7.20. The van der Waals surface area contributed by atoms with E-state index in [-0.39, 0.29) is 22.8 Å². The summed E-state index contributed by atoms with van der Waals surface area (Å²) in [6.45, 7) is 1.98. The molecule has 0 aliphatic carbocycles. The molecule has 0 amide bonds. The van der Waals surface area contributed by atoms with Crippen molar-refractivity contribution in [1.82, 2.24) is 9.55 Å². The van der Waals surface area contributed by atoms with E-state index in [4.69, 9.17) is 33.3 Å². The van der Waals surface area contributed by atoms with Crippen molar-refractivity contribution < 1.29 is 26.7 Å². The van der Waals surface area contributed by atoms with Crippen molar-refractivity contribution in [3.8, 4) is 17.2 Å². The molecule has 0 saturated heterocycles. The van der Waals surface area contributed by atoms with Crippen molar-refractivity contribution in [1.29, 1.82) is 0 Å². The first-order valence-electron chi connectivity index (χ1n) is 7.38. The second-order valence-corrected chi connectivity index (χ2v) is 10.5. The van der Waals surface area contributed by atoms with Gasteiger partial charge in [0.2, 0.25) is 0 Å². The van der Waals surface area contributed by atoms with Gasteiger partial charge in [-0.25, -0.2) is 0 Å². The predicted molar refractivity (Wildman–Crippen MR) is 110 cm³/mol. The fourth-order valence-corrected chi connectivity index (χ4v) is 6.60. The molecule has 0 spiro atoms. The van der Waals surface area contributed by atoms with Crippen LogP contribution in [0.2, 0.25) is 5.02 Å². The fourth-order valence-electron chi connectivity index (χ4n) is 2.68. The third-order valence-corrected chi connectivity index (χ3v) is 8.78. The fraction of sp³-hybridized carbons (Fsp3) is 0.176. The number of hydrogen-bond donors (Lipinski definition) is 1. The summed E-state index contributed by atoms with van der Waals surface area (Å²) >= 11 is 13.8. The van der Waals surface area contributed by atoms with E-state index < -0.39 is 0 Å². The Hall–Kier alpha value is -0.850. The molecule has 2 aromatic carbocycles. The number of ether oxygens (including phenoxy) is 2. The van der Waals surface area contributed by atoms with Crippen LogP contribution in [0, 0.1) is 15.3 Å². The molecule has 0 radical (unpaired) electrons. The molecule has 0 aliphatic heterocycles. The third kappa shape index (κ3) is 3.48. The molecule has 5 nitrogen and oxygen atoms in total. The van der Waals surface area contributed by atoms with Crippen LogP contribution in [0.15, 0.2) is 29.1 Å². The molecule has 3 aromatic rings. The van der Waals surface area contributed by atoms with Crippen molar-refractivity contribution in [2.75, 3.05) is 14.2 Å². The van der Waals surface area contributed by atoms with Crippen molar-refractivity contribution >= 4 is 53.3 Å². The van der Waals surface area contributed by atoms with Crippen LogP contribution in [0.3, 0.4) is 0 Å². The first-order valence-corrected chi connectivity index (χ1v) is 15.5. The van der Waals surface area contributed by atoms with Crippen LogP contribution in [-0.2, 0) is 0 Å². The van der Waals surface area contributed by atoms with Crippen LogP contribution in [-0.4, -0.2) is 23.8 Å². The van der Waals surface area contributed by atoms with E-state index in [1.807, 2.05) is 13.0 Å². The third-order valence-electron chi connectivity index (χ3n) is 3.95. The molecule has 1 N–H and O–H groups in total. The van der Waals surface area contributed by atoms with Crippen LogP contribution >= 0.6 is 42.4 Å². The standard InChI is InChI=1S/C17H14ClI2N2O3S/c1-8-4-11(20-19)13(7-14(8)24-2)22-16(23)9-5-10(18)15(25-3)6-12(9)21-17(22)26/h4-7H,1-3H3,(H,21,26)/q-1. The number of aryl methyl sites for hydroxylation is 1. The molecule has 1 aromatic heterocycles. The van der Waals surface area contributed by atoms with Crippen molar-refractivity contribution in [3.63, 3.8) is 0 Å². The normalized spacial score (nSPS) is 11.1. The summed E-state index contributed by atoms with van der Waals surface area (Å²) in [4.78, 5) is 16.3. The summed E-state index contributed by atoms with van der Waals surface area (Å²) in [7, 11) is 3.14. The molecule has 0 unspecified atom stereocenters. The zero-order valence-corrected chi connectivity index (χ0v) is 19.9. The van der Waals surface area contributed by atoms with Gasteiger partial charge >= 0.3 is 181 Å². The molecule has 0 aliphatic rings. The van der Waals surface area contributed by atoms with Crippen LogP contribution in [0.4, 0.5) is 0 Å². The van der Waals surface area contributed by atoms with Gasteiger partial charge in [-0.2, -0.15) is 0 Å². The summed E-state index contributed by atoms with van der Waals surface area (Å²) in [6.07, 6.45) is 0. The molecule has 0 atom stereocenters. The number of nitrogens with one attached hydrogen (secondary N) is 1. The maximum absolute atomic E-state index is 13.2. The first kappa shape index (κ1) is 19.9. The Morgan fingerprint density at radius 2 is 1.88 bits per heavy atom. The second-order valence-electron chi connectivity index (χ2n) is 5.45. The molecule has 26 heavy (non-hydrogen) atoms. The summed E-state index contributed by atoms with van der Waals surface area (Å²) in [5.41, 5.74) is 2.13. The Morgan fingerprint density at radius 1 is 1.19 bits per heavy atom. The number of aromatic nitrogens is 2. The van der Waals surface area contributed by atoms with E-state index in [2.05, 4.69) is 29.7 Å². The Morgan fingerprint density at radius 3 is 2.50 bits per heavy atom. The van der Waals surface area contributed by atoms with Crippen LogP contribution in [0.5, 0.6) is 11.5 Å². The maximum atomic E-state index is 13.2. The van der Waals surface area contributed by atoms with Crippen molar-refractivity contribution in [3.05, 3.63) is 53.5 Å². The topological polar surface area (TPSA) is 56.2 Å². The quantitative estimate of drug-likeness (QED) is 0.359. The van der Waals surface area contributed by atoms with E-state index in [1.165, 1.54) is 11.7 Å². The predicted octanol–water partition coefficient (Wildman–Crippen LogP) is 1.64. The van der Waals surface area contributed by atoms with Gasteiger partial charge in [0.25, 0.3) is 0 Å². The minimum atomic E-state index is -0.309. The average molecular weight is 616 g/mol. The molecular weight excluding hydrogens is 602 g/mol. The van der Waals surface area contributed by atoms with Crippen molar-refractivity contribution in [2.45, 2.75) is 6.92 Å². The molecule has 3 rings (SSSR count). The van der Waals surface area contributed by atoms with Gasteiger partial charge in [0, 0.05) is 0 Å². The van der Waals surface area contributed by atoms with Gasteiger partial charge < -0.3 is 0 Å². The number of hydrogen-bond acceptors (Lipinski definition) is 4. The summed E-state index contributed by atoms with van der Waals surface area (Å²) in [5, 5.41) is 0.818. The number of H-pyrrole nitrogens is 1. The van der Waals surface area contributed by atoms with Gasteiger partial charge in [0.1, 0.15) is 0 Å². The van der Waals surface area contributed by atoms with E-state index in [9.17, 15) is 4.79 Å². The Kier molecular flexibility index (Phi) is 6.14. The Balaban J connectivity index is 2.40.